The number of nitrogens with zero attached hydrogens (tertiary/aromatic N) is 1. The Balaban J connectivity index is 1.94. The zero-order valence-electron chi connectivity index (χ0n) is 9.66. The second-order valence-corrected chi connectivity index (χ2v) is 5.02. The first-order valence-corrected chi connectivity index (χ1v) is 6.85. The maximum absolute atomic E-state index is 5.63. The molecular formula is C13H18BrNO. The molecule has 0 saturated carbocycles. The molecule has 0 aromatic heterocycles. The Labute approximate surface area is 106 Å². The van der Waals surface area contributed by atoms with Crippen LogP contribution in [0.5, 0.6) is 0 Å². The van der Waals surface area contributed by atoms with E-state index in [1.807, 2.05) is 0 Å². The Morgan fingerprint density at radius 3 is 3.12 bits per heavy atom. The number of hydrogen-bond donors (Lipinski definition) is 0. The van der Waals surface area contributed by atoms with Gasteiger partial charge in [0.25, 0.3) is 0 Å². The molecule has 1 heterocycles. The Morgan fingerprint density at radius 1 is 1.50 bits per heavy atom. The van der Waals surface area contributed by atoms with Gasteiger partial charge in [-0.1, -0.05) is 45.8 Å². The standard InChI is InChI=1S/C13H18BrNO/c1-11-3-2-4-12(7-11)9-15-5-6-16-13(8-14)10-15/h2-4,7,13H,5-6,8-10H2,1H3. The molecule has 2 nitrogen and oxygen atoms in total. The largest absolute Gasteiger partial charge is 0.375 e. The second-order valence-electron chi connectivity index (χ2n) is 4.37. The number of rotatable bonds is 3. The third-order valence-electron chi connectivity index (χ3n) is 2.88. The molecule has 1 aromatic rings. The number of aryl methyl sites for hydroxylation is 1. The topological polar surface area (TPSA) is 12.5 Å². The third-order valence-corrected chi connectivity index (χ3v) is 3.61. The van der Waals surface area contributed by atoms with Gasteiger partial charge in [0.05, 0.1) is 12.7 Å². The molecule has 0 bridgehead atoms. The van der Waals surface area contributed by atoms with Crippen LogP contribution in [0.1, 0.15) is 11.1 Å². The van der Waals surface area contributed by atoms with Gasteiger partial charge in [0.15, 0.2) is 0 Å². The number of benzene rings is 1. The Kier molecular flexibility index (Phi) is 4.38. The molecule has 0 aliphatic carbocycles. The van der Waals surface area contributed by atoms with Crippen molar-refractivity contribution >= 4 is 15.9 Å². The summed E-state index contributed by atoms with van der Waals surface area (Å²) in [6, 6.07) is 8.74. The van der Waals surface area contributed by atoms with E-state index in [4.69, 9.17) is 4.74 Å². The number of halogens is 1. The zero-order chi connectivity index (χ0) is 11.4. The van der Waals surface area contributed by atoms with Gasteiger partial charge in [-0.2, -0.15) is 0 Å². The molecule has 1 aliphatic rings. The number of ether oxygens (including phenoxy) is 1. The summed E-state index contributed by atoms with van der Waals surface area (Å²) in [5.74, 6) is 0. The van der Waals surface area contributed by atoms with Crippen LogP contribution in [0.25, 0.3) is 0 Å². The van der Waals surface area contributed by atoms with Crippen molar-refractivity contribution in [1.82, 2.24) is 4.90 Å². The molecular weight excluding hydrogens is 266 g/mol. The molecule has 1 fully saturated rings. The lowest BCUT2D eigenvalue weighted by atomic mass is 10.1. The van der Waals surface area contributed by atoms with Gasteiger partial charge in [-0.25, -0.2) is 0 Å². The first-order valence-electron chi connectivity index (χ1n) is 5.73. The van der Waals surface area contributed by atoms with Crippen LogP contribution in [-0.2, 0) is 11.3 Å². The van der Waals surface area contributed by atoms with E-state index in [1.165, 1.54) is 11.1 Å². The molecule has 88 valence electrons. The van der Waals surface area contributed by atoms with Crippen molar-refractivity contribution < 1.29 is 4.74 Å². The molecule has 16 heavy (non-hydrogen) atoms. The van der Waals surface area contributed by atoms with Crippen molar-refractivity contribution in [2.45, 2.75) is 19.6 Å². The summed E-state index contributed by atoms with van der Waals surface area (Å²) in [5.41, 5.74) is 2.73. The summed E-state index contributed by atoms with van der Waals surface area (Å²) in [4.78, 5) is 2.46. The number of morpholine rings is 1. The van der Waals surface area contributed by atoms with E-state index in [9.17, 15) is 0 Å². The van der Waals surface area contributed by atoms with Crippen molar-refractivity contribution in [3.8, 4) is 0 Å². The number of hydrogen-bond acceptors (Lipinski definition) is 2. The van der Waals surface area contributed by atoms with Crippen molar-refractivity contribution in [2.75, 3.05) is 25.0 Å². The molecule has 1 aliphatic heterocycles. The number of alkyl halides is 1. The molecule has 0 radical (unpaired) electrons. The molecule has 1 aromatic carbocycles. The van der Waals surface area contributed by atoms with Gasteiger partial charge in [-0.15, -0.1) is 0 Å². The van der Waals surface area contributed by atoms with Crippen molar-refractivity contribution in [3.05, 3.63) is 35.4 Å². The van der Waals surface area contributed by atoms with E-state index >= 15 is 0 Å². The van der Waals surface area contributed by atoms with Crippen molar-refractivity contribution in [3.63, 3.8) is 0 Å². The lowest BCUT2D eigenvalue weighted by Crippen LogP contribution is -2.42. The molecule has 0 N–H and O–H groups in total. The third kappa shape index (κ3) is 3.30. The van der Waals surface area contributed by atoms with Gasteiger partial charge in [-0.3, -0.25) is 4.90 Å². The fourth-order valence-corrected chi connectivity index (χ4v) is 2.48. The normalized spacial score (nSPS) is 22.2. The van der Waals surface area contributed by atoms with E-state index in [1.54, 1.807) is 0 Å². The maximum Gasteiger partial charge on any atom is 0.0799 e. The fraction of sp³-hybridized carbons (Fsp3) is 0.538. The Bertz CT molecular complexity index is 342. The fourth-order valence-electron chi connectivity index (χ4n) is 2.09. The zero-order valence-corrected chi connectivity index (χ0v) is 11.2. The summed E-state index contributed by atoms with van der Waals surface area (Å²) in [5, 5.41) is 0.928. The smallest absolute Gasteiger partial charge is 0.0799 e. The van der Waals surface area contributed by atoms with Crippen LogP contribution in [-0.4, -0.2) is 36.0 Å². The van der Waals surface area contributed by atoms with Crippen LogP contribution >= 0.6 is 15.9 Å². The molecule has 0 spiro atoms. The average molecular weight is 284 g/mol. The highest BCUT2D eigenvalue weighted by atomic mass is 79.9. The monoisotopic (exact) mass is 283 g/mol. The van der Waals surface area contributed by atoms with E-state index in [0.717, 1.165) is 31.6 Å². The molecule has 0 amide bonds. The van der Waals surface area contributed by atoms with Gasteiger partial charge in [-0.05, 0) is 12.5 Å². The highest BCUT2D eigenvalue weighted by Crippen LogP contribution is 2.12. The van der Waals surface area contributed by atoms with Crippen LogP contribution in [0, 0.1) is 6.92 Å². The van der Waals surface area contributed by atoms with Gasteiger partial charge in [0.2, 0.25) is 0 Å². The van der Waals surface area contributed by atoms with Gasteiger partial charge < -0.3 is 4.74 Å². The predicted octanol–water partition coefficient (Wildman–Crippen LogP) is 2.59. The predicted molar refractivity (Wildman–Crippen MR) is 70.0 cm³/mol. The highest BCUT2D eigenvalue weighted by molar-refractivity contribution is 9.09. The molecule has 1 unspecified atom stereocenters. The van der Waals surface area contributed by atoms with Gasteiger partial charge in [0.1, 0.15) is 0 Å². The lowest BCUT2D eigenvalue weighted by Gasteiger charge is -2.32. The van der Waals surface area contributed by atoms with E-state index in [-0.39, 0.29) is 0 Å². The Hall–Kier alpha value is -0.380. The van der Waals surface area contributed by atoms with Gasteiger partial charge >= 0.3 is 0 Å². The molecule has 1 saturated heterocycles. The summed E-state index contributed by atoms with van der Waals surface area (Å²) < 4.78 is 5.63. The van der Waals surface area contributed by atoms with E-state index in [0.29, 0.717) is 6.10 Å². The summed E-state index contributed by atoms with van der Waals surface area (Å²) in [6.07, 6.45) is 0.346. The summed E-state index contributed by atoms with van der Waals surface area (Å²) in [7, 11) is 0. The summed E-state index contributed by atoms with van der Waals surface area (Å²) >= 11 is 3.48. The lowest BCUT2D eigenvalue weighted by molar-refractivity contribution is -0.0181. The van der Waals surface area contributed by atoms with Crippen LogP contribution in [0.15, 0.2) is 24.3 Å². The minimum atomic E-state index is 0.346. The molecule has 2 rings (SSSR count). The molecule has 1 atom stereocenters. The maximum atomic E-state index is 5.63. The van der Waals surface area contributed by atoms with Crippen LogP contribution in [0.2, 0.25) is 0 Å². The quantitative estimate of drug-likeness (QED) is 0.791. The average Bonchev–Trinajstić information content (AvgIpc) is 2.29. The first kappa shape index (κ1) is 12.1. The van der Waals surface area contributed by atoms with Crippen molar-refractivity contribution in [1.29, 1.82) is 0 Å². The SMILES string of the molecule is Cc1cccc(CN2CCOC(CBr)C2)c1. The molecule has 3 heteroatoms. The van der Waals surface area contributed by atoms with Gasteiger partial charge in [0, 0.05) is 25.0 Å². The van der Waals surface area contributed by atoms with E-state index in [2.05, 4.69) is 52.0 Å². The highest BCUT2D eigenvalue weighted by Gasteiger charge is 2.19. The van der Waals surface area contributed by atoms with E-state index < -0.39 is 0 Å². The van der Waals surface area contributed by atoms with Crippen LogP contribution < -0.4 is 0 Å². The van der Waals surface area contributed by atoms with Crippen LogP contribution in [0.4, 0.5) is 0 Å². The second kappa shape index (κ2) is 5.80. The summed E-state index contributed by atoms with van der Waals surface area (Å²) in [6.45, 7) is 6.09. The Morgan fingerprint density at radius 2 is 2.38 bits per heavy atom. The minimum Gasteiger partial charge on any atom is -0.375 e. The van der Waals surface area contributed by atoms with Crippen LogP contribution in [0.3, 0.4) is 0 Å². The minimum absolute atomic E-state index is 0.346. The first-order chi connectivity index (χ1) is 7.78. The van der Waals surface area contributed by atoms with Crippen molar-refractivity contribution in [2.24, 2.45) is 0 Å².